The zero-order valence-corrected chi connectivity index (χ0v) is 16.7. The highest BCUT2D eigenvalue weighted by atomic mass is 32.2. The standard InChI is InChI=1S/C19H30N2O5S/c1-26-15-17(11-14-22)20-19(23)10-7-16-5-8-18(9-6-16)27(24,25)21-12-3-2-4-13-21/h5-6,8-9,17,22H,2-4,7,10-15H2,1H3,(H,20,23)/t17-/m0/s1. The highest BCUT2D eigenvalue weighted by molar-refractivity contribution is 7.89. The van der Waals surface area contributed by atoms with Crippen LogP contribution in [0.3, 0.4) is 0 Å². The van der Waals surface area contributed by atoms with Gasteiger partial charge in [-0.25, -0.2) is 8.42 Å². The van der Waals surface area contributed by atoms with Crippen LogP contribution in [-0.4, -0.2) is 63.2 Å². The molecule has 1 aliphatic rings. The van der Waals surface area contributed by atoms with E-state index in [4.69, 9.17) is 9.84 Å². The summed E-state index contributed by atoms with van der Waals surface area (Å²) in [6, 6.07) is 6.58. The molecular weight excluding hydrogens is 368 g/mol. The van der Waals surface area contributed by atoms with E-state index in [1.807, 2.05) is 0 Å². The van der Waals surface area contributed by atoms with E-state index < -0.39 is 10.0 Å². The summed E-state index contributed by atoms with van der Waals surface area (Å²) < 4.78 is 31.9. The third-order valence-electron chi connectivity index (χ3n) is 4.73. The Bertz CT molecular complexity index is 679. The Kier molecular flexibility index (Phi) is 8.69. The van der Waals surface area contributed by atoms with Crippen molar-refractivity contribution in [3.05, 3.63) is 29.8 Å². The van der Waals surface area contributed by atoms with Gasteiger partial charge in [0.1, 0.15) is 0 Å². The Morgan fingerprint density at radius 1 is 1.22 bits per heavy atom. The maximum atomic E-state index is 12.6. The van der Waals surface area contributed by atoms with Crippen LogP contribution in [0.25, 0.3) is 0 Å². The van der Waals surface area contributed by atoms with Crippen LogP contribution in [-0.2, 0) is 26.0 Å². The highest BCUT2D eigenvalue weighted by Gasteiger charge is 2.25. The first-order chi connectivity index (χ1) is 13.0. The van der Waals surface area contributed by atoms with Crippen LogP contribution in [0.4, 0.5) is 0 Å². The number of sulfonamides is 1. The molecule has 2 N–H and O–H groups in total. The van der Waals surface area contributed by atoms with Gasteiger partial charge >= 0.3 is 0 Å². The Morgan fingerprint density at radius 2 is 1.89 bits per heavy atom. The number of ether oxygens (including phenoxy) is 1. The second kappa shape index (κ2) is 10.8. The number of carbonyl (C=O) groups excluding carboxylic acids is 1. The maximum Gasteiger partial charge on any atom is 0.243 e. The topological polar surface area (TPSA) is 95.9 Å². The molecule has 0 aliphatic carbocycles. The van der Waals surface area contributed by atoms with Gasteiger partial charge in [0.25, 0.3) is 0 Å². The monoisotopic (exact) mass is 398 g/mol. The van der Waals surface area contributed by atoms with E-state index >= 15 is 0 Å². The third kappa shape index (κ3) is 6.57. The number of hydrogen-bond donors (Lipinski definition) is 2. The van der Waals surface area contributed by atoms with Crippen molar-refractivity contribution in [2.24, 2.45) is 0 Å². The summed E-state index contributed by atoms with van der Waals surface area (Å²) in [5.41, 5.74) is 0.910. The van der Waals surface area contributed by atoms with E-state index in [0.717, 1.165) is 24.8 Å². The van der Waals surface area contributed by atoms with Crippen LogP contribution < -0.4 is 5.32 Å². The summed E-state index contributed by atoms with van der Waals surface area (Å²) >= 11 is 0. The summed E-state index contributed by atoms with van der Waals surface area (Å²) in [5.74, 6) is -0.115. The van der Waals surface area contributed by atoms with Crippen LogP contribution in [0.1, 0.15) is 37.7 Å². The Hall–Kier alpha value is -1.48. The van der Waals surface area contributed by atoms with Crippen LogP contribution in [0.15, 0.2) is 29.2 Å². The molecule has 0 bridgehead atoms. The smallest absolute Gasteiger partial charge is 0.243 e. The molecular formula is C19H30N2O5S. The van der Waals surface area contributed by atoms with Crippen molar-refractivity contribution in [2.75, 3.05) is 33.4 Å². The van der Waals surface area contributed by atoms with Gasteiger partial charge in [-0.2, -0.15) is 4.31 Å². The highest BCUT2D eigenvalue weighted by Crippen LogP contribution is 2.21. The Balaban J connectivity index is 1.88. The maximum absolute atomic E-state index is 12.6. The van der Waals surface area contributed by atoms with Crippen molar-refractivity contribution < 1.29 is 23.1 Å². The molecule has 1 aliphatic heterocycles. The molecule has 0 saturated carbocycles. The fourth-order valence-corrected chi connectivity index (χ4v) is 4.71. The molecule has 8 heteroatoms. The lowest BCUT2D eigenvalue weighted by Gasteiger charge is -2.25. The van der Waals surface area contributed by atoms with E-state index in [2.05, 4.69) is 5.32 Å². The van der Waals surface area contributed by atoms with Crippen molar-refractivity contribution in [1.29, 1.82) is 0 Å². The lowest BCUT2D eigenvalue weighted by atomic mass is 10.1. The molecule has 1 saturated heterocycles. The van der Waals surface area contributed by atoms with Crippen molar-refractivity contribution in [2.45, 2.75) is 49.5 Å². The zero-order valence-electron chi connectivity index (χ0n) is 15.9. The van der Waals surface area contributed by atoms with Crippen LogP contribution in [0.5, 0.6) is 0 Å². The first kappa shape index (κ1) is 21.8. The first-order valence-corrected chi connectivity index (χ1v) is 10.9. The average molecular weight is 399 g/mol. The van der Waals surface area contributed by atoms with E-state index in [9.17, 15) is 13.2 Å². The van der Waals surface area contributed by atoms with Gasteiger partial charge in [0, 0.05) is 33.2 Å². The minimum absolute atomic E-state index is 0.0126. The van der Waals surface area contributed by atoms with Crippen LogP contribution in [0.2, 0.25) is 0 Å². The normalized spacial score (nSPS) is 16.8. The fraction of sp³-hybridized carbons (Fsp3) is 0.632. The molecule has 1 amide bonds. The zero-order chi connectivity index (χ0) is 19.7. The molecule has 0 spiro atoms. The van der Waals surface area contributed by atoms with Crippen LogP contribution in [0, 0.1) is 0 Å². The van der Waals surface area contributed by atoms with Gasteiger partial charge in [-0.3, -0.25) is 4.79 Å². The molecule has 0 radical (unpaired) electrons. The number of amides is 1. The molecule has 1 fully saturated rings. The number of hydrogen-bond acceptors (Lipinski definition) is 5. The molecule has 2 rings (SSSR count). The molecule has 1 aromatic rings. The summed E-state index contributed by atoms with van der Waals surface area (Å²) in [7, 11) is -1.87. The van der Waals surface area contributed by atoms with Gasteiger partial charge in [-0.15, -0.1) is 0 Å². The molecule has 0 unspecified atom stereocenters. The molecule has 1 atom stereocenters. The third-order valence-corrected chi connectivity index (χ3v) is 6.64. The fourth-order valence-electron chi connectivity index (χ4n) is 3.19. The Labute approximate surface area is 161 Å². The molecule has 1 aromatic carbocycles. The number of aliphatic hydroxyl groups excluding tert-OH is 1. The van der Waals surface area contributed by atoms with Crippen molar-refractivity contribution in [3.8, 4) is 0 Å². The molecule has 1 heterocycles. The first-order valence-electron chi connectivity index (χ1n) is 9.45. The minimum atomic E-state index is -3.42. The van der Waals surface area contributed by atoms with Gasteiger partial charge in [-0.1, -0.05) is 18.6 Å². The predicted molar refractivity (Wildman–Crippen MR) is 103 cm³/mol. The van der Waals surface area contributed by atoms with Gasteiger partial charge in [-0.05, 0) is 43.4 Å². The van der Waals surface area contributed by atoms with Crippen molar-refractivity contribution >= 4 is 15.9 Å². The summed E-state index contributed by atoms with van der Waals surface area (Å²) in [6.07, 6.45) is 4.16. The second-order valence-electron chi connectivity index (χ2n) is 6.84. The molecule has 152 valence electrons. The largest absolute Gasteiger partial charge is 0.396 e. The van der Waals surface area contributed by atoms with Crippen molar-refractivity contribution in [3.63, 3.8) is 0 Å². The van der Waals surface area contributed by atoms with E-state index in [1.54, 1.807) is 35.7 Å². The van der Waals surface area contributed by atoms with Gasteiger partial charge in [0.05, 0.1) is 17.5 Å². The summed E-state index contributed by atoms with van der Waals surface area (Å²) in [5, 5.41) is 11.9. The van der Waals surface area contributed by atoms with Gasteiger partial charge < -0.3 is 15.2 Å². The number of methoxy groups -OCH3 is 1. The number of aliphatic hydroxyl groups is 1. The van der Waals surface area contributed by atoms with Gasteiger partial charge in [0.2, 0.25) is 15.9 Å². The molecule has 7 nitrogen and oxygen atoms in total. The number of nitrogens with one attached hydrogen (secondary N) is 1. The molecule has 0 aromatic heterocycles. The number of piperidine rings is 1. The summed E-state index contributed by atoms with van der Waals surface area (Å²) in [4.78, 5) is 12.4. The van der Waals surface area contributed by atoms with Crippen LogP contribution >= 0.6 is 0 Å². The van der Waals surface area contributed by atoms with Crippen molar-refractivity contribution in [1.82, 2.24) is 9.62 Å². The Morgan fingerprint density at radius 3 is 2.48 bits per heavy atom. The van der Waals surface area contributed by atoms with Gasteiger partial charge in [0.15, 0.2) is 0 Å². The average Bonchev–Trinajstić information content (AvgIpc) is 2.68. The van der Waals surface area contributed by atoms with E-state index in [1.165, 1.54) is 0 Å². The second-order valence-corrected chi connectivity index (χ2v) is 8.78. The van der Waals surface area contributed by atoms with E-state index in [0.29, 0.717) is 43.9 Å². The number of benzene rings is 1. The lowest BCUT2D eigenvalue weighted by Crippen LogP contribution is -2.38. The molecule has 27 heavy (non-hydrogen) atoms. The SMILES string of the molecule is COC[C@H](CCO)NC(=O)CCc1ccc(S(=O)(=O)N2CCCCC2)cc1. The minimum Gasteiger partial charge on any atom is -0.396 e. The quantitative estimate of drug-likeness (QED) is 0.619. The number of rotatable bonds is 10. The van der Waals surface area contributed by atoms with E-state index in [-0.39, 0.29) is 18.6 Å². The lowest BCUT2D eigenvalue weighted by molar-refractivity contribution is -0.122. The summed E-state index contributed by atoms with van der Waals surface area (Å²) in [6.45, 7) is 1.51. The number of carbonyl (C=O) groups is 1. The number of nitrogens with zero attached hydrogens (tertiary/aromatic N) is 1. The number of aryl methyl sites for hydroxylation is 1. The predicted octanol–water partition coefficient (Wildman–Crippen LogP) is 1.31.